The number of hydrogen-bond donors (Lipinski definition) is 1. The van der Waals surface area contributed by atoms with E-state index in [-0.39, 0.29) is 5.97 Å². The summed E-state index contributed by atoms with van der Waals surface area (Å²) >= 11 is 0. The highest BCUT2D eigenvalue weighted by Gasteiger charge is 2.29. The molecule has 0 amide bonds. The van der Waals surface area contributed by atoms with Gasteiger partial charge < -0.3 is 15.2 Å². The lowest BCUT2D eigenvalue weighted by Crippen LogP contribution is -2.46. The van der Waals surface area contributed by atoms with E-state index in [9.17, 15) is 4.79 Å². The van der Waals surface area contributed by atoms with Crippen molar-refractivity contribution >= 4 is 5.97 Å². The van der Waals surface area contributed by atoms with Gasteiger partial charge in [0, 0.05) is 13.2 Å². The van der Waals surface area contributed by atoms with E-state index in [0.717, 1.165) is 12.5 Å². The maximum atomic E-state index is 11.2. The number of carbonyl (C=O) groups is 1. The highest BCUT2D eigenvalue weighted by molar-refractivity contribution is 5.79. The van der Waals surface area contributed by atoms with E-state index >= 15 is 0 Å². The van der Waals surface area contributed by atoms with Gasteiger partial charge in [0.15, 0.2) is 0 Å². The third-order valence-electron chi connectivity index (χ3n) is 2.47. The smallest absolute Gasteiger partial charge is 0.325 e. The fourth-order valence-electron chi connectivity index (χ4n) is 1.15. The van der Waals surface area contributed by atoms with Gasteiger partial charge in [0.05, 0.1) is 7.11 Å². The molecule has 0 aromatic heterocycles. The van der Waals surface area contributed by atoms with E-state index in [1.807, 2.05) is 0 Å². The molecular weight excluding hydrogens is 182 g/mol. The Morgan fingerprint density at radius 3 is 2.71 bits per heavy atom. The Hall–Kier alpha value is -0.610. The molecule has 0 aromatic rings. The zero-order valence-electron chi connectivity index (χ0n) is 8.91. The molecule has 0 bridgehead atoms. The van der Waals surface area contributed by atoms with Crippen LogP contribution in [0.1, 0.15) is 26.2 Å². The Bertz CT molecular complexity index is 200. The third-order valence-corrected chi connectivity index (χ3v) is 2.47. The van der Waals surface area contributed by atoms with Crippen molar-refractivity contribution in [3.8, 4) is 0 Å². The molecule has 0 heterocycles. The minimum Gasteiger partial charge on any atom is -0.468 e. The molecule has 1 aliphatic rings. The van der Waals surface area contributed by atoms with Crippen LogP contribution in [0.5, 0.6) is 0 Å². The zero-order chi connectivity index (χ0) is 10.6. The molecule has 82 valence electrons. The standard InChI is InChI=1S/C10H19NO3/c1-10(11,9(12)13-2)5-6-14-7-8-3-4-8/h8H,3-7,11H2,1-2H3. The topological polar surface area (TPSA) is 61.5 Å². The average molecular weight is 201 g/mol. The normalized spacial score (nSPS) is 20.2. The van der Waals surface area contributed by atoms with Crippen molar-refractivity contribution in [2.75, 3.05) is 20.3 Å². The van der Waals surface area contributed by atoms with E-state index in [0.29, 0.717) is 13.0 Å². The minimum absolute atomic E-state index is 0.382. The second-order valence-electron chi connectivity index (χ2n) is 4.18. The lowest BCUT2D eigenvalue weighted by molar-refractivity contribution is -0.147. The SMILES string of the molecule is COC(=O)C(C)(N)CCOCC1CC1. The van der Waals surface area contributed by atoms with Crippen LogP contribution in [0.4, 0.5) is 0 Å². The van der Waals surface area contributed by atoms with Gasteiger partial charge in [-0.2, -0.15) is 0 Å². The number of carbonyl (C=O) groups excluding carboxylic acids is 1. The molecule has 2 N–H and O–H groups in total. The number of ether oxygens (including phenoxy) is 2. The summed E-state index contributed by atoms with van der Waals surface area (Å²) in [4.78, 5) is 11.2. The van der Waals surface area contributed by atoms with E-state index in [1.165, 1.54) is 20.0 Å². The molecular formula is C10H19NO3. The summed E-state index contributed by atoms with van der Waals surface area (Å²) in [6, 6.07) is 0. The number of nitrogens with two attached hydrogens (primary N) is 1. The molecule has 0 spiro atoms. The summed E-state index contributed by atoms with van der Waals surface area (Å²) in [5, 5.41) is 0. The molecule has 1 rings (SSSR count). The van der Waals surface area contributed by atoms with Crippen LogP contribution in [-0.4, -0.2) is 31.8 Å². The second kappa shape index (κ2) is 4.75. The number of rotatable bonds is 6. The van der Waals surface area contributed by atoms with Gasteiger partial charge in [0.1, 0.15) is 5.54 Å². The van der Waals surface area contributed by atoms with Crippen molar-refractivity contribution < 1.29 is 14.3 Å². The maximum absolute atomic E-state index is 11.2. The first-order valence-electron chi connectivity index (χ1n) is 5.01. The molecule has 0 aromatic carbocycles. The highest BCUT2D eigenvalue weighted by Crippen LogP contribution is 2.28. The lowest BCUT2D eigenvalue weighted by Gasteiger charge is -2.20. The summed E-state index contributed by atoms with van der Waals surface area (Å²) in [6.45, 7) is 3.00. The zero-order valence-corrected chi connectivity index (χ0v) is 8.91. The van der Waals surface area contributed by atoms with Crippen LogP contribution in [0.2, 0.25) is 0 Å². The van der Waals surface area contributed by atoms with Crippen molar-refractivity contribution in [1.82, 2.24) is 0 Å². The van der Waals surface area contributed by atoms with Gasteiger partial charge in [-0.05, 0) is 32.1 Å². The third kappa shape index (κ3) is 3.64. The van der Waals surface area contributed by atoms with Crippen LogP contribution in [0, 0.1) is 5.92 Å². The Balaban J connectivity index is 2.10. The number of hydrogen-bond acceptors (Lipinski definition) is 4. The molecule has 1 unspecified atom stereocenters. The minimum atomic E-state index is -0.918. The monoisotopic (exact) mass is 201 g/mol. The fourth-order valence-corrected chi connectivity index (χ4v) is 1.15. The summed E-state index contributed by atoms with van der Waals surface area (Å²) in [6.07, 6.45) is 3.06. The molecule has 0 aliphatic heterocycles. The predicted molar refractivity (Wildman–Crippen MR) is 52.8 cm³/mol. The summed E-state index contributed by atoms with van der Waals surface area (Å²) in [5.41, 5.74) is 4.83. The lowest BCUT2D eigenvalue weighted by atomic mass is 10.0. The Morgan fingerprint density at radius 2 is 2.21 bits per heavy atom. The van der Waals surface area contributed by atoms with Gasteiger partial charge in [-0.25, -0.2) is 0 Å². The van der Waals surface area contributed by atoms with E-state index in [2.05, 4.69) is 4.74 Å². The molecule has 4 heteroatoms. The quantitative estimate of drug-likeness (QED) is 0.507. The van der Waals surface area contributed by atoms with Crippen LogP contribution in [-0.2, 0) is 14.3 Å². The van der Waals surface area contributed by atoms with Crippen LogP contribution in [0.15, 0.2) is 0 Å². The molecule has 0 saturated heterocycles. The molecule has 1 saturated carbocycles. The Labute approximate surface area is 84.7 Å². The second-order valence-corrected chi connectivity index (χ2v) is 4.18. The molecule has 1 atom stereocenters. The van der Waals surface area contributed by atoms with Crippen molar-refractivity contribution in [3.05, 3.63) is 0 Å². The number of methoxy groups -OCH3 is 1. The summed E-state index contributed by atoms with van der Waals surface area (Å²) in [5.74, 6) is 0.365. The molecule has 1 aliphatic carbocycles. The first-order valence-corrected chi connectivity index (χ1v) is 5.01. The predicted octanol–water partition coefficient (Wildman–Crippen LogP) is 0.693. The molecule has 0 radical (unpaired) electrons. The largest absolute Gasteiger partial charge is 0.468 e. The summed E-state index contributed by atoms with van der Waals surface area (Å²) in [7, 11) is 1.35. The molecule has 1 fully saturated rings. The van der Waals surface area contributed by atoms with Gasteiger partial charge in [-0.15, -0.1) is 0 Å². The Kier molecular flexibility index (Phi) is 3.89. The van der Waals surface area contributed by atoms with Crippen molar-refractivity contribution in [3.63, 3.8) is 0 Å². The van der Waals surface area contributed by atoms with Gasteiger partial charge in [-0.1, -0.05) is 0 Å². The van der Waals surface area contributed by atoms with Crippen molar-refractivity contribution in [1.29, 1.82) is 0 Å². The van der Waals surface area contributed by atoms with Crippen LogP contribution in [0.25, 0.3) is 0 Å². The van der Waals surface area contributed by atoms with Crippen molar-refractivity contribution in [2.24, 2.45) is 11.7 Å². The van der Waals surface area contributed by atoms with Crippen LogP contribution < -0.4 is 5.73 Å². The highest BCUT2D eigenvalue weighted by atomic mass is 16.5. The first-order chi connectivity index (χ1) is 6.56. The molecule has 14 heavy (non-hydrogen) atoms. The Morgan fingerprint density at radius 1 is 1.57 bits per heavy atom. The van der Waals surface area contributed by atoms with Gasteiger partial charge in [0.25, 0.3) is 0 Å². The van der Waals surface area contributed by atoms with Gasteiger partial charge in [0.2, 0.25) is 0 Å². The van der Waals surface area contributed by atoms with Crippen LogP contribution in [0.3, 0.4) is 0 Å². The van der Waals surface area contributed by atoms with Gasteiger partial charge in [-0.3, -0.25) is 4.79 Å². The molecule has 4 nitrogen and oxygen atoms in total. The van der Waals surface area contributed by atoms with Gasteiger partial charge >= 0.3 is 5.97 Å². The average Bonchev–Trinajstić information content (AvgIpc) is 2.94. The van der Waals surface area contributed by atoms with Crippen LogP contribution >= 0.6 is 0 Å². The van der Waals surface area contributed by atoms with E-state index in [4.69, 9.17) is 10.5 Å². The maximum Gasteiger partial charge on any atom is 0.325 e. The fraction of sp³-hybridized carbons (Fsp3) is 0.900. The summed E-state index contributed by atoms with van der Waals surface area (Å²) < 4.78 is 9.99. The first kappa shape index (κ1) is 11.5. The number of esters is 1. The van der Waals surface area contributed by atoms with E-state index < -0.39 is 5.54 Å². The van der Waals surface area contributed by atoms with E-state index in [1.54, 1.807) is 6.92 Å². The van der Waals surface area contributed by atoms with Crippen molar-refractivity contribution in [2.45, 2.75) is 31.7 Å².